The quantitative estimate of drug-likeness (QED) is 0.439. The van der Waals surface area contributed by atoms with Crippen LogP contribution >= 0.6 is 12.8 Å². The summed E-state index contributed by atoms with van der Waals surface area (Å²) in [6.07, 6.45) is -3.07. The van der Waals surface area contributed by atoms with Crippen molar-refractivity contribution >= 4 is 18.8 Å². The number of aliphatic hydroxyl groups is 2. The zero-order chi connectivity index (χ0) is 12.8. The Hall–Kier alpha value is -1.28. The van der Waals surface area contributed by atoms with Crippen LogP contribution in [0.4, 0.5) is 0 Å². The topological polar surface area (TPSA) is 88.0 Å². The van der Waals surface area contributed by atoms with Crippen molar-refractivity contribution in [1.82, 2.24) is 4.89 Å². The highest BCUT2D eigenvalue weighted by Crippen LogP contribution is 2.20. The summed E-state index contributed by atoms with van der Waals surface area (Å²) in [4.78, 5) is 17.2. The van der Waals surface area contributed by atoms with E-state index in [9.17, 15) is 15.0 Å². The average Bonchev–Trinajstić information content (AvgIpc) is 2.37. The molecule has 2 atom stereocenters. The van der Waals surface area contributed by atoms with E-state index < -0.39 is 18.2 Å². The molecule has 0 spiro atoms. The second-order valence-electron chi connectivity index (χ2n) is 3.18. The highest BCUT2D eigenvalue weighted by Gasteiger charge is 2.27. The fourth-order valence-electron chi connectivity index (χ4n) is 1.22. The number of carbonyl (C=O) groups is 1. The molecule has 0 aliphatic carbocycles. The Morgan fingerprint density at radius 3 is 2.41 bits per heavy atom. The third kappa shape index (κ3) is 3.60. The van der Waals surface area contributed by atoms with Gasteiger partial charge in [-0.05, 0) is 17.7 Å². The van der Waals surface area contributed by atoms with Gasteiger partial charge >= 0.3 is 5.97 Å². The highest BCUT2D eigenvalue weighted by molar-refractivity contribution is 7.77. The number of thiol groups is 1. The summed E-state index contributed by atoms with van der Waals surface area (Å²) in [6.45, 7) is 0. The normalized spacial score (nSPS) is 13.9. The molecule has 0 aromatic heterocycles. The van der Waals surface area contributed by atoms with E-state index in [1.807, 2.05) is 4.89 Å². The molecule has 7 heteroatoms. The number of ether oxygens (including phenoxy) is 1. The Kier molecular flexibility index (Phi) is 5.23. The standard InChI is InChI=1S/C10H13NO5S/c1-15-7-4-2-6(3-5-7)8(12)9(13)10(14)16-11-17/h2-5,8-9,11-13,17H,1H3/t8?,9-/m0/s1. The SMILES string of the molecule is COc1ccc(C(O)[C@H](O)C(=O)ONS)cc1. The molecule has 1 unspecified atom stereocenters. The number of methoxy groups -OCH3 is 1. The lowest BCUT2D eigenvalue weighted by atomic mass is 10.0. The first kappa shape index (κ1) is 13.8. The molecule has 1 aromatic rings. The molecule has 0 heterocycles. The maximum Gasteiger partial charge on any atom is 0.357 e. The van der Waals surface area contributed by atoms with Gasteiger partial charge in [-0.25, -0.2) is 4.79 Å². The third-order valence-electron chi connectivity index (χ3n) is 2.14. The van der Waals surface area contributed by atoms with Crippen LogP contribution in [0.15, 0.2) is 24.3 Å². The fraction of sp³-hybridized carbons (Fsp3) is 0.300. The molecule has 0 amide bonds. The maximum absolute atomic E-state index is 11.1. The molecular formula is C10H13NO5S. The van der Waals surface area contributed by atoms with Crippen molar-refractivity contribution in [3.8, 4) is 5.75 Å². The van der Waals surface area contributed by atoms with E-state index in [-0.39, 0.29) is 0 Å². The summed E-state index contributed by atoms with van der Waals surface area (Å²) < 4.78 is 4.94. The molecule has 0 saturated carbocycles. The molecule has 1 aromatic carbocycles. The van der Waals surface area contributed by atoms with Crippen molar-refractivity contribution in [2.75, 3.05) is 7.11 Å². The molecule has 0 bridgehead atoms. The maximum atomic E-state index is 11.1. The molecule has 0 saturated heterocycles. The summed E-state index contributed by atoms with van der Waals surface area (Å²) in [5, 5.41) is 19.2. The first-order chi connectivity index (χ1) is 8.10. The first-order valence-corrected chi connectivity index (χ1v) is 5.14. The van der Waals surface area contributed by atoms with Gasteiger partial charge in [0.05, 0.1) is 7.11 Å². The van der Waals surface area contributed by atoms with Crippen LogP contribution in [0.2, 0.25) is 0 Å². The fourth-order valence-corrected chi connectivity index (χ4v) is 1.31. The van der Waals surface area contributed by atoms with E-state index in [2.05, 4.69) is 17.7 Å². The van der Waals surface area contributed by atoms with Crippen LogP contribution in [-0.4, -0.2) is 29.4 Å². The van der Waals surface area contributed by atoms with Crippen molar-refractivity contribution < 1.29 is 24.6 Å². The Labute approximate surface area is 104 Å². The summed E-state index contributed by atoms with van der Waals surface area (Å²) in [5.74, 6) is -0.418. The summed E-state index contributed by atoms with van der Waals surface area (Å²) in [5.41, 5.74) is 0.370. The molecule has 0 aliphatic rings. The molecule has 0 fully saturated rings. The predicted octanol–water partition coefficient (Wildman–Crippen LogP) is -0.0179. The zero-order valence-electron chi connectivity index (χ0n) is 9.03. The highest BCUT2D eigenvalue weighted by atomic mass is 32.1. The van der Waals surface area contributed by atoms with Crippen molar-refractivity contribution in [2.24, 2.45) is 0 Å². The second kappa shape index (κ2) is 6.45. The van der Waals surface area contributed by atoms with Crippen LogP contribution in [0.3, 0.4) is 0 Å². The van der Waals surface area contributed by atoms with Gasteiger partial charge in [0.2, 0.25) is 0 Å². The number of hydrogen-bond acceptors (Lipinski definition) is 7. The lowest BCUT2D eigenvalue weighted by Crippen LogP contribution is -2.31. The van der Waals surface area contributed by atoms with E-state index in [4.69, 9.17) is 4.74 Å². The molecule has 17 heavy (non-hydrogen) atoms. The van der Waals surface area contributed by atoms with Crippen LogP contribution in [0.1, 0.15) is 11.7 Å². The van der Waals surface area contributed by atoms with Crippen molar-refractivity contribution in [3.63, 3.8) is 0 Å². The average molecular weight is 259 g/mol. The minimum absolute atomic E-state index is 0.370. The van der Waals surface area contributed by atoms with Gasteiger partial charge in [-0.1, -0.05) is 29.8 Å². The Morgan fingerprint density at radius 2 is 1.94 bits per heavy atom. The minimum atomic E-state index is -1.69. The van der Waals surface area contributed by atoms with Gasteiger partial charge in [0, 0.05) is 0 Å². The molecule has 3 N–H and O–H groups in total. The van der Waals surface area contributed by atoms with Gasteiger partial charge < -0.3 is 19.8 Å². The van der Waals surface area contributed by atoms with Gasteiger partial charge in [0.15, 0.2) is 6.10 Å². The molecule has 0 radical (unpaired) electrons. The number of nitrogens with one attached hydrogen (secondary N) is 1. The lowest BCUT2D eigenvalue weighted by molar-refractivity contribution is -0.163. The van der Waals surface area contributed by atoms with Gasteiger partial charge in [-0.2, -0.15) is 0 Å². The van der Waals surface area contributed by atoms with Gasteiger partial charge in [-0.15, -0.1) is 0 Å². The molecule has 6 nitrogen and oxygen atoms in total. The first-order valence-electron chi connectivity index (χ1n) is 4.70. The van der Waals surface area contributed by atoms with E-state index in [1.165, 1.54) is 19.2 Å². The van der Waals surface area contributed by atoms with Crippen LogP contribution in [-0.2, 0) is 9.63 Å². The largest absolute Gasteiger partial charge is 0.497 e. The minimum Gasteiger partial charge on any atom is -0.497 e. The summed E-state index contributed by atoms with van der Waals surface area (Å²) >= 11 is 3.43. The van der Waals surface area contributed by atoms with Crippen LogP contribution in [0.5, 0.6) is 5.75 Å². The second-order valence-corrected chi connectivity index (χ2v) is 3.36. The zero-order valence-corrected chi connectivity index (χ0v) is 9.92. The van der Waals surface area contributed by atoms with E-state index in [1.54, 1.807) is 12.1 Å². The van der Waals surface area contributed by atoms with Crippen molar-refractivity contribution in [1.29, 1.82) is 0 Å². The van der Waals surface area contributed by atoms with Gasteiger partial charge in [-0.3, -0.25) is 0 Å². The Bertz CT molecular complexity index is 369. The predicted molar refractivity (Wildman–Crippen MR) is 62.2 cm³/mol. The van der Waals surface area contributed by atoms with Gasteiger partial charge in [0.1, 0.15) is 11.9 Å². The molecule has 0 aliphatic heterocycles. The Balaban J connectivity index is 2.73. The molecular weight excluding hydrogens is 246 g/mol. The lowest BCUT2D eigenvalue weighted by Gasteiger charge is -2.16. The van der Waals surface area contributed by atoms with E-state index >= 15 is 0 Å². The summed E-state index contributed by atoms with van der Waals surface area (Å²) in [6, 6.07) is 6.28. The number of hydrogen-bond donors (Lipinski definition) is 4. The van der Waals surface area contributed by atoms with Crippen LogP contribution < -0.4 is 9.62 Å². The molecule has 1 rings (SSSR count). The number of carbonyl (C=O) groups excluding carboxylic acids is 1. The number of benzene rings is 1. The van der Waals surface area contributed by atoms with E-state index in [0.29, 0.717) is 11.3 Å². The smallest absolute Gasteiger partial charge is 0.357 e. The van der Waals surface area contributed by atoms with Crippen LogP contribution in [0.25, 0.3) is 0 Å². The Morgan fingerprint density at radius 1 is 1.35 bits per heavy atom. The monoisotopic (exact) mass is 259 g/mol. The van der Waals surface area contributed by atoms with Crippen molar-refractivity contribution in [3.05, 3.63) is 29.8 Å². The summed E-state index contributed by atoms with van der Waals surface area (Å²) in [7, 11) is 1.51. The third-order valence-corrected chi connectivity index (χ3v) is 2.24. The van der Waals surface area contributed by atoms with Crippen molar-refractivity contribution in [2.45, 2.75) is 12.2 Å². The van der Waals surface area contributed by atoms with Crippen LogP contribution in [0, 0.1) is 0 Å². The van der Waals surface area contributed by atoms with E-state index in [0.717, 1.165) is 0 Å². The van der Waals surface area contributed by atoms with Gasteiger partial charge in [0.25, 0.3) is 0 Å². The number of rotatable bonds is 5. The number of aliphatic hydroxyl groups excluding tert-OH is 2. The molecule has 94 valence electrons.